The van der Waals surface area contributed by atoms with Gasteiger partial charge in [0.05, 0.1) is 0 Å². The first-order valence-electron chi connectivity index (χ1n) is 6.31. The van der Waals surface area contributed by atoms with Crippen LogP contribution in [0.2, 0.25) is 0 Å². The minimum absolute atomic E-state index is 1.34. The third-order valence-electron chi connectivity index (χ3n) is 2.60. The van der Waals surface area contributed by atoms with Gasteiger partial charge in [-0.25, -0.2) is 0 Å². The van der Waals surface area contributed by atoms with Crippen LogP contribution in [-0.4, -0.2) is 36.0 Å². The molecule has 0 aromatic carbocycles. The second kappa shape index (κ2) is 7.72. The third kappa shape index (κ3) is 4.80. The molecule has 0 saturated heterocycles. The van der Waals surface area contributed by atoms with Crippen LogP contribution in [0, 0.1) is 0 Å². The predicted octanol–water partition coefficient (Wildman–Crippen LogP) is 6.85. The van der Waals surface area contributed by atoms with Crippen LogP contribution in [0.5, 0.6) is 0 Å². The maximum atomic E-state index is 12.3. The Morgan fingerprint density at radius 2 is 0.600 bits per heavy atom. The number of alkyl halides is 14. The van der Waals surface area contributed by atoms with E-state index in [0.717, 1.165) is 0 Å². The molecule has 0 fully saturated rings. The molecule has 0 spiro atoms. The SMILES string of the molecule is CCCCC.FC(F)(F)C(F)(F)C(F)(F)C(F)(F)C(F)(F)C(F)(F)F. The summed E-state index contributed by atoms with van der Waals surface area (Å²) >= 11 is 0. The maximum absolute atomic E-state index is 12.3. The molecular formula is C11H12F14. The highest BCUT2D eigenvalue weighted by atomic mass is 19.4. The average molecular weight is 410 g/mol. The van der Waals surface area contributed by atoms with E-state index in [0.29, 0.717) is 0 Å². The highest BCUT2D eigenvalue weighted by Crippen LogP contribution is 2.60. The fourth-order valence-corrected chi connectivity index (χ4v) is 1.10. The first kappa shape index (κ1) is 26.3. The van der Waals surface area contributed by atoms with Gasteiger partial charge < -0.3 is 0 Å². The number of rotatable bonds is 5. The summed E-state index contributed by atoms with van der Waals surface area (Å²) in [6, 6.07) is 0. The summed E-state index contributed by atoms with van der Waals surface area (Å²) < 4.78 is 166. The normalized spacial score (nSPS) is 14.9. The molecule has 14 heteroatoms. The maximum Gasteiger partial charge on any atom is 0.460 e. The zero-order valence-electron chi connectivity index (χ0n) is 12.4. The van der Waals surface area contributed by atoms with Crippen molar-refractivity contribution in [2.45, 2.75) is 69.2 Å². The topological polar surface area (TPSA) is 0 Å². The van der Waals surface area contributed by atoms with Gasteiger partial charge in [0.1, 0.15) is 0 Å². The van der Waals surface area contributed by atoms with Crippen LogP contribution in [0.3, 0.4) is 0 Å². The van der Waals surface area contributed by atoms with E-state index in [1.807, 2.05) is 0 Å². The molecule has 25 heavy (non-hydrogen) atoms. The van der Waals surface area contributed by atoms with E-state index in [1.54, 1.807) is 0 Å². The molecular weight excluding hydrogens is 398 g/mol. The lowest BCUT2D eigenvalue weighted by Crippen LogP contribution is -2.69. The Hall–Kier alpha value is -0.980. The van der Waals surface area contributed by atoms with E-state index in [4.69, 9.17) is 0 Å². The van der Waals surface area contributed by atoms with E-state index >= 15 is 0 Å². The van der Waals surface area contributed by atoms with Crippen molar-refractivity contribution < 1.29 is 61.5 Å². The molecule has 0 heterocycles. The van der Waals surface area contributed by atoms with Gasteiger partial charge in [-0.3, -0.25) is 0 Å². The number of halogens is 14. The lowest BCUT2D eigenvalue weighted by atomic mass is 9.98. The third-order valence-corrected chi connectivity index (χ3v) is 2.60. The molecule has 0 amide bonds. The molecule has 0 nitrogen and oxygen atoms in total. The van der Waals surface area contributed by atoms with Gasteiger partial charge in [0.25, 0.3) is 0 Å². The molecule has 154 valence electrons. The van der Waals surface area contributed by atoms with Gasteiger partial charge >= 0.3 is 36.0 Å². The molecule has 0 unspecified atom stereocenters. The van der Waals surface area contributed by atoms with Crippen LogP contribution in [0.4, 0.5) is 61.5 Å². The summed E-state index contributed by atoms with van der Waals surface area (Å²) in [5.74, 6) is -31.7. The average Bonchev–Trinajstić information content (AvgIpc) is 2.37. The summed E-state index contributed by atoms with van der Waals surface area (Å²) in [6.07, 6.45) is -10.9. The summed E-state index contributed by atoms with van der Waals surface area (Å²) in [7, 11) is 0. The number of hydrogen-bond acceptors (Lipinski definition) is 0. The van der Waals surface area contributed by atoms with Gasteiger partial charge in [0, 0.05) is 0 Å². The lowest BCUT2D eigenvalue weighted by Gasteiger charge is -2.37. The summed E-state index contributed by atoms with van der Waals surface area (Å²) in [6.45, 7) is 4.42. The molecule has 0 aliphatic carbocycles. The fraction of sp³-hybridized carbons (Fsp3) is 1.00. The fourth-order valence-electron chi connectivity index (χ4n) is 1.10. The Morgan fingerprint density at radius 1 is 0.400 bits per heavy atom. The summed E-state index contributed by atoms with van der Waals surface area (Å²) in [4.78, 5) is 0. The predicted molar refractivity (Wildman–Crippen MR) is 57.1 cm³/mol. The van der Waals surface area contributed by atoms with E-state index in [9.17, 15) is 61.5 Å². The van der Waals surface area contributed by atoms with Crippen molar-refractivity contribution in [1.82, 2.24) is 0 Å². The Bertz CT molecular complexity index is 364. The van der Waals surface area contributed by atoms with Gasteiger partial charge in [-0.05, 0) is 0 Å². The molecule has 0 rings (SSSR count). The van der Waals surface area contributed by atoms with E-state index < -0.39 is 36.0 Å². The van der Waals surface area contributed by atoms with Crippen molar-refractivity contribution in [3.63, 3.8) is 0 Å². The molecule has 0 radical (unpaired) electrons. The Balaban J connectivity index is 0. The summed E-state index contributed by atoms with van der Waals surface area (Å²) in [5, 5.41) is 0. The second-order valence-electron chi connectivity index (χ2n) is 4.65. The zero-order valence-corrected chi connectivity index (χ0v) is 12.4. The van der Waals surface area contributed by atoms with Crippen molar-refractivity contribution in [3.8, 4) is 0 Å². The first-order valence-corrected chi connectivity index (χ1v) is 6.31. The monoisotopic (exact) mass is 410 g/mol. The van der Waals surface area contributed by atoms with Crippen LogP contribution in [0.15, 0.2) is 0 Å². The lowest BCUT2D eigenvalue weighted by molar-refractivity contribution is -0.451. The van der Waals surface area contributed by atoms with Gasteiger partial charge in [-0.15, -0.1) is 0 Å². The molecule has 0 N–H and O–H groups in total. The Morgan fingerprint density at radius 3 is 0.680 bits per heavy atom. The van der Waals surface area contributed by atoms with Gasteiger partial charge in [0.2, 0.25) is 0 Å². The van der Waals surface area contributed by atoms with Crippen molar-refractivity contribution in [1.29, 1.82) is 0 Å². The minimum atomic E-state index is -8.04. The standard InChI is InChI=1S/C6F14.C5H12/c7-1(8,3(11,12)5(15,16)17)2(9,10)4(13,14)6(18,19)20;1-3-5-4-2/h;3-5H2,1-2H3. The van der Waals surface area contributed by atoms with Crippen LogP contribution < -0.4 is 0 Å². The van der Waals surface area contributed by atoms with Gasteiger partial charge in [-0.1, -0.05) is 33.1 Å². The van der Waals surface area contributed by atoms with Crippen LogP contribution in [0.25, 0.3) is 0 Å². The zero-order chi connectivity index (χ0) is 21.1. The number of unbranched alkanes of at least 4 members (excludes halogenated alkanes) is 2. The van der Waals surface area contributed by atoms with Crippen molar-refractivity contribution in [2.75, 3.05) is 0 Å². The van der Waals surface area contributed by atoms with Crippen LogP contribution in [-0.2, 0) is 0 Å². The highest BCUT2D eigenvalue weighted by molar-refractivity contribution is 5.08. The van der Waals surface area contributed by atoms with E-state index in [2.05, 4.69) is 13.8 Å². The smallest absolute Gasteiger partial charge is 0.192 e. The van der Waals surface area contributed by atoms with Crippen molar-refractivity contribution in [2.24, 2.45) is 0 Å². The molecule has 0 saturated carbocycles. The number of hydrogen-bond donors (Lipinski definition) is 0. The van der Waals surface area contributed by atoms with Crippen molar-refractivity contribution in [3.05, 3.63) is 0 Å². The van der Waals surface area contributed by atoms with Gasteiger partial charge in [0.15, 0.2) is 0 Å². The Labute approximate surface area is 132 Å². The largest absolute Gasteiger partial charge is 0.460 e. The molecule has 0 aromatic rings. The molecule has 0 bridgehead atoms. The second-order valence-corrected chi connectivity index (χ2v) is 4.65. The highest BCUT2D eigenvalue weighted by Gasteiger charge is 2.91. The van der Waals surface area contributed by atoms with Crippen LogP contribution in [0.1, 0.15) is 33.1 Å². The molecule has 0 aromatic heterocycles. The van der Waals surface area contributed by atoms with E-state index in [-0.39, 0.29) is 0 Å². The molecule has 0 atom stereocenters. The van der Waals surface area contributed by atoms with E-state index in [1.165, 1.54) is 19.3 Å². The summed E-state index contributed by atoms with van der Waals surface area (Å²) in [5.41, 5.74) is 0. The minimum Gasteiger partial charge on any atom is -0.192 e. The molecule has 0 aliphatic heterocycles. The molecule has 0 aliphatic rings. The Kier molecular flexibility index (Phi) is 8.11. The quantitative estimate of drug-likeness (QED) is 0.435. The van der Waals surface area contributed by atoms with Crippen LogP contribution >= 0.6 is 0 Å². The van der Waals surface area contributed by atoms with Crippen molar-refractivity contribution >= 4 is 0 Å². The first-order chi connectivity index (χ1) is 10.7. The van der Waals surface area contributed by atoms with Gasteiger partial charge in [-0.2, -0.15) is 61.5 Å².